The van der Waals surface area contributed by atoms with E-state index in [4.69, 9.17) is 9.47 Å². The Kier molecular flexibility index (Phi) is 4.13. The van der Waals surface area contributed by atoms with Crippen molar-refractivity contribution in [3.8, 4) is 0 Å². The summed E-state index contributed by atoms with van der Waals surface area (Å²) in [5, 5.41) is 0. The quantitative estimate of drug-likeness (QED) is 0.732. The highest BCUT2D eigenvalue weighted by molar-refractivity contribution is 5.96. The standard InChI is InChI=1S/C27H29NO3/c1-28-16-15-27-23-19-10-11-21(30-2)24(23)31-25(27)20(29)12-14-26(27,22(28)17-19)13-6-9-18-7-4-3-5-8-18/h3-12,14,19,22-23,25H,13,15-17H2,1-2H3/t19?,22-,23?,25+,26?,27+/m1/s1. The van der Waals surface area contributed by atoms with E-state index in [1.54, 1.807) is 7.11 Å². The fourth-order valence-electron chi connectivity index (χ4n) is 7.44. The van der Waals surface area contributed by atoms with Crippen LogP contribution in [0.25, 0.3) is 6.08 Å². The fraction of sp³-hybridized carbons (Fsp3) is 0.444. The van der Waals surface area contributed by atoms with E-state index in [0.29, 0.717) is 12.0 Å². The molecule has 2 aliphatic heterocycles. The van der Waals surface area contributed by atoms with E-state index in [-0.39, 0.29) is 22.5 Å². The fourth-order valence-corrected chi connectivity index (χ4v) is 7.44. The Morgan fingerprint density at radius 2 is 2.10 bits per heavy atom. The zero-order valence-corrected chi connectivity index (χ0v) is 18.2. The Balaban J connectivity index is 1.50. The molecule has 160 valence electrons. The lowest BCUT2D eigenvalue weighted by Gasteiger charge is -2.66. The molecule has 1 spiro atoms. The second-order valence-corrected chi connectivity index (χ2v) is 9.75. The summed E-state index contributed by atoms with van der Waals surface area (Å²) in [5.74, 6) is 2.42. The molecule has 2 heterocycles. The first-order valence-corrected chi connectivity index (χ1v) is 11.4. The number of benzene rings is 1. The molecule has 3 fully saturated rings. The number of allylic oxidation sites excluding steroid dienone is 4. The van der Waals surface area contributed by atoms with Gasteiger partial charge in [-0.25, -0.2) is 0 Å². The molecular formula is C27H29NO3. The summed E-state index contributed by atoms with van der Waals surface area (Å²) < 4.78 is 12.2. The predicted molar refractivity (Wildman–Crippen MR) is 120 cm³/mol. The highest BCUT2D eigenvalue weighted by atomic mass is 16.5. The molecule has 1 aromatic carbocycles. The number of hydrogen-bond donors (Lipinski definition) is 0. The average molecular weight is 416 g/mol. The number of nitrogens with zero attached hydrogens (tertiary/aromatic N) is 1. The summed E-state index contributed by atoms with van der Waals surface area (Å²) in [6.07, 6.45) is 15.5. The summed E-state index contributed by atoms with van der Waals surface area (Å²) in [4.78, 5) is 15.7. The molecule has 0 radical (unpaired) electrons. The van der Waals surface area contributed by atoms with E-state index < -0.39 is 6.10 Å². The van der Waals surface area contributed by atoms with E-state index in [1.807, 2.05) is 12.1 Å². The number of ether oxygens (including phenoxy) is 2. The van der Waals surface area contributed by atoms with Crippen molar-refractivity contribution >= 4 is 11.9 Å². The molecule has 3 unspecified atom stereocenters. The van der Waals surface area contributed by atoms with Gasteiger partial charge in [-0.05, 0) is 56.5 Å². The van der Waals surface area contributed by atoms with E-state index >= 15 is 0 Å². The highest BCUT2D eigenvalue weighted by Gasteiger charge is 2.75. The molecule has 2 bridgehead atoms. The Morgan fingerprint density at radius 1 is 1.26 bits per heavy atom. The zero-order chi connectivity index (χ0) is 21.2. The summed E-state index contributed by atoms with van der Waals surface area (Å²) >= 11 is 0. The van der Waals surface area contributed by atoms with Crippen molar-refractivity contribution in [2.45, 2.75) is 31.4 Å². The van der Waals surface area contributed by atoms with Crippen LogP contribution in [0.1, 0.15) is 24.8 Å². The van der Waals surface area contributed by atoms with Gasteiger partial charge in [0.2, 0.25) is 0 Å². The van der Waals surface area contributed by atoms with Gasteiger partial charge in [0, 0.05) is 22.8 Å². The number of likely N-dealkylation sites (tertiary alicyclic amines) is 1. The lowest BCUT2D eigenvalue weighted by Crippen LogP contribution is -2.70. The molecule has 6 rings (SSSR count). The van der Waals surface area contributed by atoms with Crippen molar-refractivity contribution in [3.05, 3.63) is 77.8 Å². The van der Waals surface area contributed by atoms with Crippen LogP contribution < -0.4 is 0 Å². The number of carbonyl (C=O) groups is 1. The molecular weight excluding hydrogens is 386 g/mol. The third-order valence-electron chi connectivity index (χ3n) is 8.67. The van der Waals surface area contributed by atoms with Gasteiger partial charge in [0.05, 0.1) is 7.11 Å². The Morgan fingerprint density at radius 3 is 2.90 bits per heavy atom. The van der Waals surface area contributed by atoms with Crippen LogP contribution in [-0.2, 0) is 14.3 Å². The number of carbonyl (C=O) groups excluding carboxylic acids is 1. The maximum atomic E-state index is 13.2. The molecule has 31 heavy (non-hydrogen) atoms. The number of piperidine rings is 1. The number of methoxy groups -OCH3 is 1. The molecule has 0 aromatic heterocycles. The van der Waals surface area contributed by atoms with Crippen LogP contribution in [0, 0.1) is 22.7 Å². The van der Waals surface area contributed by atoms with Crippen LogP contribution in [0.3, 0.4) is 0 Å². The van der Waals surface area contributed by atoms with Crippen LogP contribution in [-0.4, -0.2) is 43.5 Å². The minimum atomic E-state index is -0.410. The average Bonchev–Trinajstić information content (AvgIpc) is 3.15. The largest absolute Gasteiger partial charge is 0.493 e. The molecule has 0 amide bonds. The molecule has 4 heteroatoms. The van der Waals surface area contributed by atoms with Crippen LogP contribution >= 0.6 is 0 Å². The van der Waals surface area contributed by atoms with Crippen molar-refractivity contribution in [3.63, 3.8) is 0 Å². The lowest BCUT2D eigenvalue weighted by molar-refractivity contribution is -0.167. The molecule has 4 nitrogen and oxygen atoms in total. The smallest absolute Gasteiger partial charge is 0.196 e. The maximum absolute atomic E-state index is 13.2. The van der Waals surface area contributed by atoms with Crippen LogP contribution in [0.2, 0.25) is 0 Å². The van der Waals surface area contributed by atoms with Gasteiger partial charge in [-0.1, -0.05) is 54.6 Å². The molecule has 1 aromatic rings. The number of hydrogen-bond acceptors (Lipinski definition) is 4. The van der Waals surface area contributed by atoms with Crippen molar-refractivity contribution in [2.24, 2.45) is 22.7 Å². The molecule has 5 aliphatic rings. The lowest BCUT2D eigenvalue weighted by atomic mass is 9.40. The van der Waals surface area contributed by atoms with Gasteiger partial charge in [0.1, 0.15) is 5.76 Å². The summed E-state index contributed by atoms with van der Waals surface area (Å²) in [7, 11) is 3.95. The maximum Gasteiger partial charge on any atom is 0.196 e. The second-order valence-electron chi connectivity index (χ2n) is 9.75. The van der Waals surface area contributed by atoms with Gasteiger partial charge in [0.15, 0.2) is 17.6 Å². The molecule has 6 atom stereocenters. The Hall–Kier alpha value is -2.59. The van der Waals surface area contributed by atoms with Gasteiger partial charge in [0.25, 0.3) is 0 Å². The topological polar surface area (TPSA) is 38.8 Å². The van der Waals surface area contributed by atoms with E-state index in [9.17, 15) is 4.79 Å². The molecule has 0 N–H and O–H groups in total. The normalized spacial score (nSPS) is 40.3. The number of ketones is 1. The monoisotopic (exact) mass is 415 g/mol. The molecule has 3 aliphatic carbocycles. The first-order chi connectivity index (χ1) is 15.1. The van der Waals surface area contributed by atoms with Gasteiger partial charge in [-0.2, -0.15) is 0 Å². The first-order valence-electron chi connectivity index (χ1n) is 11.4. The van der Waals surface area contributed by atoms with Crippen molar-refractivity contribution < 1.29 is 14.3 Å². The first kappa shape index (κ1) is 19.1. The third-order valence-corrected chi connectivity index (χ3v) is 8.67. The van der Waals surface area contributed by atoms with Gasteiger partial charge < -0.3 is 14.4 Å². The predicted octanol–water partition coefficient (Wildman–Crippen LogP) is 4.37. The molecule has 1 saturated carbocycles. The second kappa shape index (κ2) is 6.70. The van der Waals surface area contributed by atoms with Gasteiger partial charge in [-0.15, -0.1) is 0 Å². The van der Waals surface area contributed by atoms with Crippen molar-refractivity contribution in [2.75, 3.05) is 20.7 Å². The minimum Gasteiger partial charge on any atom is -0.493 e. The summed E-state index contributed by atoms with van der Waals surface area (Å²) in [6.45, 7) is 0.998. The van der Waals surface area contributed by atoms with Crippen LogP contribution in [0.4, 0.5) is 0 Å². The van der Waals surface area contributed by atoms with Gasteiger partial charge in [-0.3, -0.25) is 4.79 Å². The third kappa shape index (κ3) is 2.37. The van der Waals surface area contributed by atoms with E-state index in [1.165, 1.54) is 5.56 Å². The van der Waals surface area contributed by atoms with E-state index in [0.717, 1.165) is 37.3 Å². The SMILES string of the molecule is COC1=C2O[C@H]3C(=O)C=CC4(CC=Cc5ccccc5)[C@H]5CC(C=C1)C2[C@@]34CCN5C. The van der Waals surface area contributed by atoms with Crippen molar-refractivity contribution in [1.82, 2.24) is 4.90 Å². The summed E-state index contributed by atoms with van der Waals surface area (Å²) in [5.41, 5.74) is 0.863. The van der Waals surface area contributed by atoms with E-state index in [2.05, 4.69) is 66.6 Å². The minimum absolute atomic E-state index is 0.115. The van der Waals surface area contributed by atoms with Crippen LogP contribution in [0.5, 0.6) is 0 Å². The van der Waals surface area contributed by atoms with Gasteiger partial charge >= 0.3 is 0 Å². The number of rotatable bonds is 4. The zero-order valence-electron chi connectivity index (χ0n) is 18.2. The summed E-state index contributed by atoms with van der Waals surface area (Å²) in [6, 6.07) is 10.8. The van der Waals surface area contributed by atoms with Crippen LogP contribution in [0.15, 0.2) is 72.2 Å². The Labute approximate surface area is 183 Å². The van der Waals surface area contributed by atoms with Crippen molar-refractivity contribution in [1.29, 1.82) is 0 Å². The molecule has 2 saturated heterocycles. The highest BCUT2D eigenvalue weighted by Crippen LogP contribution is 2.72. The Bertz CT molecular complexity index is 1040.